The molecule has 36 heavy (non-hydrogen) atoms. The number of halogens is 3. The maximum atomic E-state index is 13.7. The average Bonchev–Trinajstić information content (AvgIpc) is 2.83. The standard InChI is InChI=1S/C27H30F3NO4S/c1-4-5-17-34-23-12-14-24(15-13-23)36(32,33)31(20(2)3)25-16-11-22(27(28,29)30)18-26(25)35-19-21-9-7-6-8-10-21/h6-16,18,20H,4-5,17,19H2,1-3H3. The quantitative estimate of drug-likeness (QED) is 0.253. The van der Waals surface area contributed by atoms with Gasteiger partial charge in [-0.15, -0.1) is 0 Å². The van der Waals surface area contributed by atoms with Crippen LogP contribution < -0.4 is 13.8 Å². The van der Waals surface area contributed by atoms with Gasteiger partial charge in [0.25, 0.3) is 10.0 Å². The van der Waals surface area contributed by atoms with E-state index in [4.69, 9.17) is 9.47 Å². The van der Waals surface area contributed by atoms with Crippen molar-refractivity contribution in [3.8, 4) is 11.5 Å². The van der Waals surface area contributed by atoms with Crippen LogP contribution in [0, 0.1) is 0 Å². The fourth-order valence-electron chi connectivity index (χ4n) is 3.56. The van der Waals surface area contributed by atoms with Gasteiger partial charge in [0.1, 0.15) is 18.1 Å². The van der Waals surface area contributed by atoms with Crippen LogP contribution in [0.5, 0.6) is 11.5 Å². The van der Waals surface area contributed by atoms with Crippen LogP contribution in [0.25, 0.3) is 0 Å². The highest BCUT2D eigenvalue weighted by Gasteiger charge is 2.34. The van der Waals surface area contributed by atoms with Crippen LogP contribution in [0.15, 0.2) is 77.7 Å². The van der Waals surface area contributed by atoms with E-state index in [-0.39, 0.29) is 22.9 Å². The summed E-state index contributed by atoms with van der Waals surface area (Å²) < 4.78 is 80.2. The second-order valence-electron chi connectivity index (χ2n) is 8.52. The predicted molar refractivity (Wildman–Crippen MR) is 134 cm³/mol. The summed E-state index contributed by atoms with van der Waals surface area (Å²) in [6.07, 6.45) is -2.77. The average molecular weight is 522 g/mol. The second-order valence-corrected chi connectivity index (χ2v) is 10.3. The van der Waals surface area contributed by atoms with Gasteiger partial charge >= 0.3 is 6.18 Å². The van der Waals surface area contributed by atoms with Crippen molar-refractivity contribution in [1.29, 1.82) is 0 Å². The Labute approximate surface area is 210 Å². The minimum Gasteiger partial charge on any atom is -0.494 e. The minimum atomic E-state index is -4.61. The highest BCUT2D eigenvalue weighted by molar-refractivity contribution is 7.92. The number of rotatable bonds is 11. The molecule has 0 bridgehead atoms. The molecule has 0 radical (unpaired) electrons. The Morgan fingerprint density at radius 1 is 0.917 bits per heavy atom. The van der Waals surface area contributed by atoms with Crippen LogP contribution in [-0.2, 0) is 22.8 Å². The number of anilines is 1. The first-order chi connectivity index (χ1) is 17.0. The van der Waals surface area contributed by atoms with Gasteiger partial charge in [0, 0.05) is 6.04 Å². The number of hydrogen-bond acceptors (Lipinski definition) is 4. The number of sulfonamides is 1. The summed E-state index contributed by atoms with van der Waals surface area (Å²) in [6.45, 7) is 5.84. The van der Waals surface area contributed by atoms with Gasteiger partial charge < -0.3 is 9.47 Å². The Balaban J connectivity index is 2.00. The number of benzene rings is 3. The number of nitrogens with zero attached hydrogens (tertiary/aromatic N) is 1. The lowest BCUT2D eigenvalue weighted by atomic mass is 10.1. The molecule has 0 saturated heterocycles. The molecule has 5 nitrogen and oxygen atoms in total. The molecule has 0 saturated carbocycles. The summed E-state index contributed by atoms with van der Waals surface area (Å²) in [7, 11) is -4.13. The van der Waals surface area contributed by atoms with Crippen LogP contribution in [0.4, 0.5) is 18.9 Å². The Kier molecular flexibility index (Phi) is 8.89. The molecule has 0 heterocycles. The van der Waals surface area contributed by atoms with Crippen LogP contribution >= 0.6 is 0 Å². The van der Waals surface area contributed by atoms with E-state index >= 15 is 0 Å². The third-order valence-corrected chi connectivity index (χ3v) is 7.38. The van der Waals surface area contributed by atoms with Crippen molar-refractivity contribution < 1.29 is 31.1 Å². The largest absolute Gasteiger partial charge is 0.494 e. The zero-order valence-electron chi connectivity index (χ0n) is 20.5. The van der Waals surface area contributed by atoms with Crippen molar-refractivity contribution >= 4 is 15.7 Å². The maximum absolute atomic E-state index is 13.7. The molecule has 0 aromatic heterocycles. The summed E-state index contributed by atoms with van der Waals surface area (Å²) in [4.78, 5) is -0.00653. The molecule has 0 aliphatic heterocycles. The molecule has 9 heteroatoms. The zero-order chi connectivity index (χ0) is 26.3. The first-order valence-corrected chi connectivity index (χ1v) is 13.1. The fourth-order valence-corrected chi connectivity index (χ4v) is 5.24. The predicted octanol–water partition coefficient (Wildman–Crippen LogP) is 7.07. The lowest BCUT2D eigenvalue weighted by Gasteiger charge is -2.30. The molecule has 0 amide bonds. The Bertz CT molecular complexity index is 1230. The SMILES string of the molecule is CCCCOc1ccc(S(=O)(=O)N(c2ccc(C(F)(F)F)cc2OCc2ccccc2)C(C)C)cc1. The van der Waals surface area contributed by atoms with Crippen LogP contribution in [0.2, 0.25) is 0 Å². The molecule has 3 rings (SSSR count). The van der Waals surface area contributed by atoms with E-state index in [2.05, 4.69) is 0 Å². The first kappa shape index (κ1) is 27.4. The summed E-state index contributed by atoms with van der Waals surface area (Å²) in [5.41, 5.74) is -0.167. The molecule has 0 unspecified atom stereocenters. The monoisotopic (exact) mass is 521 g/mol. The van der Waals surface area contributed by atoms with Gasteiger partial charge in [-0.05, 0) is 68.3 Å². The number of unbranched alkanes of at least 4 members (excludes halogenated alkanes) is 1. The Morgan fingerprint density at radius 2 is 1.58 bits per heavy atom. The molecule has 194 valence electrons. The van der Waals surface area contributed by atoms with E-state index in [1.807, 2.05) is 13.0 Å². The van der Waals surface area contributed by atoms with Crippen LogP contribution in [-0.4, -0.2) is 21.1 Å². The van der Waals surface area contributed by atoms with E-state index in [0.29, 0.717) is 12.4 Å². The molecule has 0 aliphatic rings. The molecule has 0 fully saturated rings. The van der Waals surface area contributed by atoms with E-state index < -0.39 is 27.8 Å². The molecule has 0 aliphatic carbocycles. The van der Waals surface area contributed by atoms with Gasteiger partial charge in [-0.1, -0.05) is 43.7 Å². The summed E-state index contributed by atoms with van der Waals surface area (Å²) >= 11 is 0. The molecular formula is C27H30F3NO4S. The van der Waals surface area contributed by atoms with Crippen LogP contribution in [0.1, 0.15) is 44.7 Å². The molecule has 0 spiro atoms. The molecule has 3 aromatic rings. The zero-order valence-corrected chi connectivity index (χ0v) is 21.3. The van der Waals surface area contributed by atoms with Gasteiger partial charge in [0.15, 0.2) is 0 Å². The topological polar surface area (TPSA) is 55.8 Å². The van der Waals surface area contributed by atoms with Crippen molar-refractivity contribution in [1.82, 2.24) is 0 Å². The van der Waals surface area contributed by atoms with Gasteiger partial charge in [-0.3, -0.25) is 4.31 Å². The lowest BCUT2D eigenvalue weighted by molar-refractivity contribution is -0.137. The first-order valence-electron chi connectivity index (χ1n) is 11.7. The van der Waals surface area contributed by atoms with Crippen molar-refractivity contribution in [3.05, 3.63) is 83.9 Å². The molecule has 0 atom stereocenters. The van der Waals surface area contributed by atoms with Crippen LogP contribution in [0.3, 0.4) is 0 Å². The van der Waals surface area contributed by atoms with Crippen molar-refractivity contribution in [2.75, 3.05) is 10.9 Å². The van der Waals surface area contributed by atoms with E-state index in [1.54, 1.807) is 50.2 Å². The van der Waals surface area contributed by atoms with Crippen molar-refractivity contribution in [3.63, 3.8) is 0 Å². The van der Waals surface area contributed by atoms with E-state index in [1.165, 1.54) is 12.1 Å². The van der Waals surface area contributed by atoms with Gasteiger partial charge in [0.05, 0.1) is 22.8 Å². The fraction of sp³-hybridized carbons (Fsp3) is 0.333. The highest BCUT2D eigenvalue weighted by atomic mass is 32.2. The third-order valence-electron chi connectivity index (χ3n) is 5.38. The highest BCUT2D eigenvalue weighted by Crippen LogP contribution is 2.40. The lowest BCUT2D eigenvalue weighted by Crippen LogP contribution is -2.37. The Morgan fingerprint density at radius 3 is 2.17 bits per heavy atom. The number of hydrogen-bond donors (Lipinski definition) is 0. The van der Waals surface area contributed by atoms with Crippen molar-refractivity contribution in [2.45, 2.75) is 57.3 Å². The summed E-state index contributed by atoms with van der Waals surface area (Å²) in [6, 6.07) is 17.2. The normalized spacial score (nSPS) is 12.0. The van der Waals surface area contributed by atoms with E-state index in [9.17, 15) is 21.6 Å². The maximum Gasteiger partial charge on any atom is 0.416 e. The second kappa shape index (κ2) is 11.7. The summed E-state index contributed by atoms with van der Waals surface area (Å²) in [5, 5.41) is 0. The molecule has 0 N–H and O–H groups in total. The van der Waals surface area contributed by atoms with Crippen molar-refractivity contribution in [2.24, 2.45) is 0 Å². The minimum absolute atomic E-state index is 0.00653. The van der Waals surface area contributed by atoms with Gasteiger partial charge in [0.2, 0.25) is 0 Å². The third kappa shape index (κ3) is 6.72. The number of alkyl halides is 3. The molecular weight excluding hydrogens is 491 g/mol. The summed E-state index contributed by atoms with van der Waals surface area (Å²) in [5.74, 6) is 0.366. The van der Waals surface area contributed by atoms with Gasteiger partial charge in [-0.2, -0.15) is 13.2 Å². The van der Waals surface area contributed by atoms with Gasteiger partial charge in [-0.25, -0.2) is 8.42 Å². The number of ether oxygens (including phenoxy) is 2. The van der Waals surface area contributed by atoms with E-state index in [0.717, 1.165) is 40.9 Å². The Hall–Kier alpha value is -3.20. The molecule has 3 aromatic carbocycles. The smallest absolute Gasteiger partial charge is 0.416 e.